The van der Waals surface area contributed by atoms with Gasteiger partial charge in [-0.3, -0.25) is 4.79 Å². The maximum Gasteiger partial charge on any atom is 0.331 e. The first-order valence-corrected chi connectivity index (χ1v) is 10.8. The van der Waals surface area contributed by atoms with Gasteiger partial charge in [0.25, 0.3) is 0 Å². The van der Waals surface area contributed by atoms with Gasteiger partial charge in [0.15, 0.2) is 12.4 Å². The van der Waals surface area contributed by atoms with Crippen molar-refractivity contribution in [1.82, 2.24) is 9.78 Å². The Kier molecular flexibility index (Phi) is 6.90. The van der Waals surface area contributed by atoms with Crippen LogP contribution in [0.1, 0.15) is 15.9 Å². The Morgan fingerprint density at radius 2 is 1.67 bits per heavy atom. The number of ketones is 1. The van der Waals surface area contributed by atoms with Gasteiger partial charge < -0.3 is 4.74 Å². The molecule has 0 saturated carbocycles. The van der Waals surface area contributed by atoms with Crippen LogP contribution in [0.2, 0.25) is 0 Å². The summed E-state index contributed by atoms with van der Waals surface area (Å²) in [6.07, 6.45) is 4.58. The predicted molar refractivity (Wildman–Crippen MR) is 127 cm³/mol. The van der Waals surface area contributed by atoms with Crippen LogP contribution >= 0.6 is 15.9 Å². The summed E-state index contributed by atoms with van der Waals surface area (Å²) in [5.41, 5.74) is 3.21. The molecule has 0 spiro atoms. The van der Waals surface area contributed by atoms with Crippen molar-refractivity contribution < 1.29 is 18.7 Å². The van der Waals surface area contributed by atoms with Gasteiger partial charge in [0, 0.05) is 33.4 Å². The summed E-state index contributed by atoms with van der Waals surface area (Å²) in [4.78, 5) is 24.4. The van der Waals surface area contributed by atoms with Crippen LogP contribution in [0.5, 0.6) is 0 Å². The maximum absolute atomic E-state index is 13.4. The zero-order valence-electron chi connectivity index (χ0n) is 17.3. The van der Waals surface area contributed by atoms with Crippen LogP contribution in [0.4, 0.5) is 4.39 Å². The minimum Gasteiger partial charge on any atom is -0.454 e. The quantitative estimate of drug-likeness (QED) is 0.179. The van der Waals surface area contributed by atoms with E-state index in [-0.39, 0.29) is 18.2 Å². The summed E-state index contributed by atoms with van der Waals surface area (Å²) in [5.74, 6) is -1.30. The predicted octanol–water partition coefficient (Wildman–Crippen LogP) is 5.88. The van der Waals surface area contributed by atoms with E-state index in [9.17, 15) is 14.0 Å². The maximum atomic E-state index is 13.4. The number of hydrogen-bond donors (Lipinski definition) is 0. The summed E-state index contributed by atoms with van der Waals surface area (Å²) in [7, 11) is 0. The lowest BCUT2D eigenvalue weighted by Crippen LogP contribution is -2.12. The lowest BCUT2D eigenvalue weighted by molar-refractivity contribution is -0.136. The van der Waals surface area contributed by atoms with Gasteiger partial charge >= 0.3 is 5.97 Å². The topological polar surface area (TPSA) is 61.2 Å². The van der Waals surface area contributed by atoms with E-state index in [1.807, 2.05) is 30.3 Å². The van der Waals surface area contributed by atoms with Gasteiger partial charge in [-0.2, -0.15) is 5.10 Å². The molecule has 5 nitrogen and oxygen atoms in total. The Morgan fingerprint density at radius 1 is 0.970 bits per heavy atom. The monoisotopic (exact) mass is 504 g/mol. The summed E-state index contributed by atoms with van der Waals surface area (Å²) >= 11 is 3.31. The Morgan fingerprint density at radius 3 is 2.36 bits per heavy atom. The molecule has 0 radical (unpaired) electrons. The van der Waals surface area contributed by atoms with Crippen molar-refractivity contribution >= 4 is 33.8 Å². The van der Waals surface area contributed by atoms with Crippen LogP contribution in [0.25, 0.3) is 23.0 Å². The first kappa shape index (κ1) is 22.4. The molecular weight excluding hydrogens is 487 g/mol. The molecule has 4 rings (SSSR count). The molecule has 0 N–H and O–H groups in total. The lowest BCUT2D eigenvalue weighted by Gasteiger charge is -2.02. The molecule has 1 aromatic heterocycles. The smallest absolute Gasteiger partial charge is 0.331 e. The number of halogens is 2. The van der Waals surface area contributed by atoms with Gasteiger partial charge in [-0.05, 0) is 54.6 Å². The largest absolute Gasteiger partial charge is 0.454 e. The molecule has 3 aromatic carbocycles. The Bertz CT molecular complexity index is 1300. The lowest BCUT2D eigenvalue weighted by atomic mass is 10.1. The number of esters is 1. The standard InChI is InChI=1S/C26H18BrFN2O3/c27-21-11-6-18(7-12-21)24(31)17-33-25(32)15-10-20-16-30(23-4-2-1-3-5-23)29-26(20)19-8-13-22(28)14-9-19/h1-16H,17H2. The van der Waals surface area contributed by atoms with E-state index in [1.165, 1.54) is 18.2 Å². The molecule has 7 heteroatoms. The number of rotatable bonds is 7. The normalized spacial score (nSPS) is 11.0. The minimum absolute atomic E-state index is 0.298. The van der Waals surface area contributed by atoms with Crippen LogP contribution in [0, 0.1) is 5.82 Å². The van der Waals surface area contributed by atoms with E-state index in [1.54, 1.807) is 53.4 Å². The Hall–Kier alpha value is -3.84. The molecule has 0 amide bonds. The van der Waals surface area contributed by atoms with E-state index in [4.69, 9.17) is 4.74 Å². The fraction of sp³-hybridized carbons (Fsp3) is 0.0385. The fourth-order valence-corrected chi connectivity index (χ4v) is 3.38. The van der Waals surface area contributed by atoms with Crippen LogP contribution in [-0.2, 0) is 9.53 Å². The number of benzene rings is 3. The highest BCUT2D eigenvalue weighted by Crippen LogP contribution is 2.25. The molecule has 0 unspecified atom stereocenters. The fourth-order valence-electron chi connectivity index (χ4n) is 3.12. The van der Waals surface area contributed by atoms with Crippen molar-refractivity contribution in [2.45, 2.75) is 0 Å². The Labute approximate surface area is 198 Å². The number of carbonyl (C=O) groups is 2. The molecule has 0 atom stereocenters. The average molecular weight is 505 g/mol. The van der Waals surface area contributed by atoms with Gasteiger partial charge in [-0.15, -0.1) is 0 Å². The van der Waals surface area contributed by atoms with Crippen molar-refractivity contribution in [1.29, 1.82) is 0 Å². The van der Waals surface area contributed by atoms with Crippen LogP contribution in [0.15, 0.2) is 95.6 Å². The number of nitrogens with zero attached hydrogens (tertiary/aromatic N) is 2. The molecule has 0 fully saturated rings. The van der Waals surface area contributed by atoms with Crippen molar-refractivity contribution in [2.24, 2.45) is 0 Å². The molecule has 33 heavy (non-hydrogen) atoms. The molecule has 1 heterocycles. The van der Waals surface area contributed by atoms with Gasteiger partial charge in [-0.25, -0.2) is 13.9 Å². The molecule has 4 aromatic rings. The zero-order valence-corrected chi connectivity index (χ0v) is 18.9. The highest BCUT2D eigenvalue weighted by Gasteiger charge is 2.12. The minimum atomic E-state index is -0.655. The summed E-state index contributed by atoms with van der Waals surface area (Å²) in [6.45, 7) is -0.362. The third kappa shape index (κ3) is 5.70. The molecule has 0 aliphatic carbocycles. The van der Waals surface area contributed by atoms with Gasteiger partial charge in [0.05, 0.1) is 11.4 Å². The number of aromatic nitrogens is 2. The molecule has 164 valence electrons. The molecule has 0 saturated heterocycles. The van der Waals surface area contributed by atoms with Gasteiger partial charge in [0.1, 0.15) is 5.82 Å². The van der Waals surface area contributed by atoms with Crippen molar-refractivity contribution in [2.75, 3.05) is 6.61 Å². The second kappa shape index (κ2) is 10.2. The summed E-state index contributed by atoms with van der Waals surface area (Å²) < 4.78 is 21.0. The summed E-state index contributed by atoms with van der Waals surface area (Å²) in [5, 5.41) is 4.61. The van der Waals surface area contributed by atoms with E-state index in [0.717, 1.165) is 10.2 Å². The van der Waals surface area contributed by atoms with Crippen LogP contribution < -0.4 is 0 Å². The number of hydrogen-bond acceptors (Lipinski definition) is 4. The van der Waals surface area contributed by atoms with E-state index < -0.39 is 5.97 Å². The van der Waals surface area contributed by atoms with Gasteiger partial charge in [0.2, 0.25) is 0 Å². The van der Waals surface area contributed by atoms with E-state index in [0.29, 0.717) is 22.4 Å². The first-order chi connectivity index (χ1) is 16.0. The Balaban J connectivity index is 1.52. The van der Waals surface area contributed by atoms with E-state index >= 15 is 0 Å². The first-order valence-electron chi connectivity index (χ1n) is 10.0. The SMILES string of the molecule is O=C(C=Cc1cn(-c2ccccc2)nc1-c1ccc(F)cc1)OCC(=O)c1ccc(Br)cc1. The highest BCUT2D eigenvalue weighted by atomic mass is 79.9. The van der Waals surface area contributed by atoms with Gasteiger partial charge in [-0.1, -0.05) is 46.3 Å². The number of para-hydroxylation sites is 1. The number of ether oxygens (including phenoxy) is 1. The number of Topliss-reactive ketones (excluding diaryl/α,β-unsaturated/α-hetero) is 1. The van der Waals surface area contributed by atoms with Crippen LogP contribution in [-0.4, -0.2) is 28.1 Å². The molecular formula is C26H18BrFN2O3. The number of carbonyl (C=O) groups excluding carboxylic acids is 2. The van der Waals surface area contributed by atoms with Crippen molar-refractivity contribution in [3.05, 3.63) is 113 Å². The highest BCUT2D eigenvalue weighted by molar-refractivity contribution is 9.10. The second-order valence-corrected chi connectivity index (χ2v) is 8.01. The average Bonchev–Trinajstić information content (AvgIpc) is 3.27. The van der Waals surface area contributed by atoms with Crippen molar-refractivity contribution in [3.8, 4) is 16.9 Å². The van der Waals surface area contributed by atoms with Crippen LogP contribution in [0.3, 0.4) is 0 Å². The molecule has 0 aliphatic rings. The molecule has 0 aliphatic heterocycles. The summed E-state index contributed by atoms with van der Waals surface area (Å²) in [6, 6.07) is 22.2. The third-order valence-electron chi connectivity index (χ3n) is 4.79. The second-order valence-electron chi connectivity index (χ2n) is 7.09. The molecule has 0 bridgehead atoms. The third-order valence-corrected chi connectivity index (χ3v) is 5.32. The van der Waals surface area contributed by atoms with E-state index in [2.05, 4.69) is 21.0 Å². The zero-order chi connectivity index (χ0) is 23.2. The van der Waals surface area contributed by atoms with Crippen molar-refractivity contribution in [3.63, 3.8) is 0 Å².